The smallest absolute Gasteiger partial charge is 0.258 e. The van der Waals surface area contributed by atoms with Gasteiger partial charge in [0, 0.05) is 16.7 Å². The van der Waals surface area contributed by atoms with Gasteiger partial charge in [0.2, 0.25) is 0 Å². The molecule has 16 heavy (non-hydrogen) atoms. The second kappa shape index (κ2) is 4.07. The lowest BCUT2D eigenvalue weighted by molar-refractivity contribution is -0.388. The Labute approximate surface area is 86.1 Å². The van der Waals surface area contributed by atoms with E-state index in [2.05, 4.69) is 10.0 Å². The van der Waals surface area contributed by atoms with Crippen LogP contribution in [0.3, 0.4) is 0 Å². The zero-order chi connectivity index (χ0) is 12.3. The molecule has 0 aliphatic rings. The molecule has 1 aromatic carbocycles. The van der Waals surface area contributed by atoms with Crippen LogP contribution in [0.5, 0.6) is 0 Å². The van der Waals surface area contributed by atoms with E-state index in [-0.39, 0.29) is 5.69 Å². The van der Waals surface area contributed by atoms with Crippen molar-refractivity contribution in [2.45, 2.75) is 6.18 Å². The summed E-state index contributed by atoms with van der Waals surface area (Å²) in [6.07, 6.45) is -4.87. The predicted octanol–water partition coefficient (Wildman–Crippen LogP) is 3.56. The van der Waals surface area contributed by atoms with Crippen molar-refractivity contribution < 1.29 is 18.1 Å². The number of hydrogen-bond acceptors (Lipinski definition) is 3. The summed E-state index contributed by atoms with van der Waals surface area (Å²) in [5.74, 6) is 0. The average molecular weight is 232 g/mol. The van der Waals surface area contributed by atoms with Crippen LogP contribution in [0.25, 0.3) is 10.4 Å². The van der Waals surface area contributed by atoms with Crippen molar-refractivity contribution in [2.24, 2.45) is 5.11 Å². The molecule has 0 N–H and O–H groups in total. The minimum absolute atomic E-state index is 0.333. The first-order valence-corrected chi connectivity index (χ1v) is 3.77. The second-order valence-electron chi connectivity index (χ2n) is 2.65. The van der Waals surface area contributed by atoms with Crippen molar-refractivity contribution in [3.63, 3.8) is 0 Å². The molecule has 0 aliphatic carbocycles. The zero-order valence-electron chi connectivity index (χ0n) is 7.47. The van der Waals surface area contributed by atoms with E-state index in [1.54, 1.807) is 0 Å². The van der Waals surface area contributed by atoms with Gasteiger partial charge in [-0.15, -0.1) is 0 Å². The summed E-state index contributed by atoms with van der Waals surface area (Å²) in [5, 5.41) is 13.3. The molecule has 1 rings (SSSR count). The van der Waals surface area contributed by atoms with Crippen LogP contribution >= 0.6 is 0 Å². The second-order valence-corrected chi connectivity index (χ2v) is 2.65. The summed E-state index contributed by atoms with van der Waals surface area (Å²) in [4.78, 5) is 11.5. The lowest BCUT2D eigenvalue weighted by atomic mass is 10.1. The number of nitro groups is 1. The molecule has 0 saturated carbocycles. The van der Waals surface area contributed by atoms with Gasteiger partial charge in [-0.05, 0) is 17.7 Å². The molecule has 0 aromatic heterocycles. The monoisotopic (exact) mass is 232 g/mol. The highest BCUT2D eigenvalue weighted by molar-refractivity contribution is 5.52. The highest BCUT2D eigenvalue weighted by Gasteiger charge is 2.38. The van der Waals surface area contributed by atoms with Crippen LogP contribution in [0.2, 0.25) is 0 Å². The molecule has 0 aliphatic heterocycles. The van der Waals surface area contributed by atoms with Gasteiger partial charge in [0.05, 0.1) is 4.92 Å². The maximum atomic E-state index is 12.4. The van der Waals surface area contributed by atoms with E-state index >= 15 is 0 Å². The summed E-state index contributed by atoms with van der Waals surface area (Å²) in [7, 11) is 0. The van der Waals surface area contributed by atoms with E-state index in [1.165, 1.54) is 0 Å². The molecule has 0 bridgehead atoms. The van der Waals surface area contributed by atoms with Crippen molar-refractivity contribution >= 4 is 11.4 Å². The number of azide groups is 1. The first-order valence-electron chi connectivity index (χ1n) is 3.77. The highest BCUT2D eigenvalue weighted by Crippen LogP contribution is 2.38. The first-order chi connectivity index (χ1) is 7.36. The van der Waals surface area contributed by atoms with Crippen LogP contribution < -0.4 is 0 Å². The SMILES string of the molecule is [N-]=[N+]=Nc1ccc([N+](=O)[O-])c(C(F)(F)F)c1. The quantitative estimate of drug-likeness (QED) is 0.256. The Morgan fingerprint density at radius 1 is 1.44 bits per heavy atom. The highest BCUT2D eigenvalue weighted by atomic mass is 19.4. The van der Waals surface area contributed by atoms with Gasteiger partial charge in [0.15, 0.2) is 0 Å². The molecule has 0 radical (unpaired) electrons. The van der Waals surface area contributed by atoms with Gasteiger partial charge in [-0.3, -0.25) is 10.1 Å². The third-order valence-corrected chi connectivity index (χ3v) is 1.64. The minimum atomic E-state index is -4.87. The van der Waals surface area contributed by atoms with Crippen LogP contribution in [0.15, 0.2) is 23.3 Å². The molecular formula is C7H3F3N4O2. The van der Waals surface area contributed by atoms with Crippen molar-refractivity contribution in [3.8, 4) is 0 Å². The van der Waals surface area contributed by atoms with E-state index in [0.29, 0.717) is 12.1 Å². The topological polar surface area (TPSA) is 91.9 Å². The minimum Gasteiger partial charge on any atom is -0.258 e. The summed E-state index contributed by atoms with van der Waals surface area (Å²) in [6.45, 7) is 0. The third-order valence-electron chi connectivity index (χ3n) is 1.64. The van der Waals surface area contributed by atoms with Crippen LogP contribution in [-0.4, -0.2) is 4.92 Å². The Morgan fingerprint density at radius 3 is 2.50 bits per heavy atom. The van der Waals surface area contributed by atoms with E-state index in [0.717, 1.165) is 6.07 Å². The van der Waals surface area contributed by atoms with Gasteiger partial charge in [-0.1, -0.05) is 5.11 Å². The first kappa shape index (κ1) is 11.8. The van der Waals surface area contributed by atoms with Crippen molar-refractivity contribution in [3.05, 3.63) is 44.3 Å². The molecule has 84 valence electrons. The van der Waals surface area contributed by atoms with Gasteiger partial charge in [0.25, 0.3) is 5.69 Å². The summed E-state index contributed by atoms with van der Waals surface area (Å²) < 4.78 is 37.2. The van der Waals surface area contributed by atoms with Crippen LogP contribution in [-0.2, 0) is 6.18 Å². The molecule has 0 saturated heterocycles. The molecule has 0 atom stereocenters. The molecular weight excluding hydrogens is 229 g/mol. The molecule has 0 unspecified atom stereocenters. The Hall–Kier alpha value is -2.28. The maximum Gasteiger partial charge on any atom is 0.423 e. The number of halogens is 3. The summed E-state index contributed by atoms with van der Waals surface area (Å²) in [6, 6.07) is 2.01. The molecule has 0 amide bonds. The van der Waals surface area contributed by atoms with Gasteiger partial charge in [0.1, 0.15) is 5.56 Å². The van der Waals surface area contributed by atoms with Gasteiger partial charge in [-0.25, -0.2) is 0 Å². The number of nitro benzene ring substituents is 1. The summed E-state index contributed by atoms with van der Waals surface area (Å²) >= 11 is 0. The predicted molar refractivity (Wildman–Crippen MR) is 46.9 cm³/mol. The van der Waals surface area contributed by atoms with Gasteiger partial charge < -0.3 is 0 Å². The zero-order valence-corrected chi connectivity index (χ0v) is 7.47. The van der Waals surface area contributed by atoms with Crippen molar-refractivity contribution in [1.29, 1.82) is 0 Å². The fraction of sp³-hybridized carbons (Fsp3) is 0.143. The number of rotatable bonds is 2. The van der Waals surface area contributed by atoms with E-state index in [4.69, 9.17) is 5.53 Å². The molecule has 9 heteroatoms. The largest absolute Gasteiger partial charge is 0.423 e. The lowest BCUT2D eigenvalue weighted by Crippen LogP contribution is -2.08. The van der Waals surface area contributed by atoms with E-state index in [1.807, 2.05) is 0 Å². The fourth-order valence-electron chi connectivity index (χ4n) is 1.02. The average Bonchev–Trinajstić information content (AvgIpc) is 2.16. The Bertz CT molecular complexity index is 479. The molecule has 6 nitrogen and oxygen atoms in total. The molecule has 0 heterocycles. The number of benzene rings is 1. The van der Waals surface area contributed by atoms with Crippen molar-refractivity contribution in [1.82, 2.24) is 0 Å². The van der Waals surface area contributed by atoms with E-state index < -0.39 is 22.4 Å². The number of alkyl halides is 3. The Kier molecular flexibility index (Phi) is 3.00. The Balaban J connectivity index is 3.44. The Morgan fingerprint density at radius 2 is 2.06 bits per heavy atom. The summed E-state index contributed by atoms with van der Waals surface area (Å²) in [5.41, 5.74) is 5.18. The van der Waals surface area contributed by atoms with Crippen LogP contribution in [0.1, 0.15) is 5.56 Å². The van der Waals surface area contributed by atoms with E-state index in [9.17, 15) is 23.3 Å². The van der Waals surface area contributed by atoms with Gasteiger partial charge >= 0.3 is 6.18 Å². The molecule has 0 spiro atoms. The molecule has 0 fully saturated rings. The molecule has 1 aromatic rings. The fourth-order valence-corrected chi connectivity index (χ4v) is 1.02. The standard InChI is InChI=1S/C7H3F3N4O2/c8-7(9,10)5-3-4(12-13-11)1-2-6(5)14(15)16/h1-3H. The van der Waals surface area contributed by atoms with Crippen LogP contribution in [0, 0.1) is 10.1 Å². The van der Waals surface area contributed by atoms with Crippen molar-refractivity contribution in [2.75, 3.05) is 0 Å². The van der Waals surface area contributed by atoms with Crippen LogP contribution in [0.4, 0.5) is 24.5 Å². The third kappa shape index (κ3) is 2.39. The number of nitrogens with zero attached hydrogens (tertiary/aromatic N) is 4. The van der Waals surface area contributed by atoms with Gasteiger partial charge in [-0.2, -0.15) is 13.2 Å². The lowest BCUT2D eigenvalue weighted by Gasteiger charge is -2.07. The normalized spacial score (nSPS) is 10.7. The number of hydrogen-bond donors (Lipinski definition) is 0. The maximum absolute atomic E-state index is 12.4.